The fourth-order valence-corrected chi connectivity index (χ4v) is 1.69. The Bertz CT molecular complexity index is 621. The zero-order valence-electron chi connectivity index (χ0n) is 7.87. The second-order valence-corrected chi connectivity index (χ2v) is 3.35. The van der Waals surface area contributed by atoms with Crippen LogP contribution in [0.1, 0.15) is 11.4 Å². The minimum absolute atomic E-state index is 0.742. The van der Waals surface area contributed by atoms with Gasteiger partial charge in [0.15, 0.2) is 11.2 Å². The number of hydrogen-bond donors (Lipinski definition) is 0. The third-order valence-corrected chi connectivity index (χ3v) is 2.43. The number of benzene rings is 1. The van der Waals surface area contributed by atoms with Crippen molar-refractivity contribution in [3.05, 3.63) is 23.5 Å². The lowest BCUT2D eigenvalue weighted by atomic mass is 10.1. The molecule has 1 aromatic carbocycles. The van der Waals surface area contributed by atoms with Crippen molar-refractivity contribution in [2.45, 2.75) is 13.8 Å². The van der Waals surface area contributed by atoms with Crippen LogP contribution in [0, 0.1) is 13.8 Å². The summed E-state index contributed by atoms with van der Waals surface area (Å²) < 4.78 is 10.4. The van der Waals surface area contributed by atoms with Gasteiger partial charge in [0.05, 0.1) is 16.8 Å². The first-order chi connectivity index (χ1) is 6.77. The highest BCUT2D eigenvalue weighted by Crippen LogP contribution is 2.29. The lowest BCUT2D eigenvalue weighted by Gasteiger charge is -1.88. The number of aryl methyl sites for hydroxylation is 2. The molecule has 14 heavy (non-hydrogen) atoms. The Balaban J connectivity index is 2.66. The van der Waals surface area contributed by atoms with Crippen LogP contribution < -0.4 is 0 Å². The fraction of sp³-hybridized carbons (Fsp3) is 0.200. The van der Waals surface area contributed by atoms with Gasteiger partial charge in [0.1, 0.15) is 0 Å². The van der Waals surface area contributed by atoms with Crippen molar-refractivity contribution in [1.29, 1.82) is 0 Å². The molecular weight excluding hydrogens is 180 g/mol. The molecule has 0 amide bonds. The van der Waals surface area contributed by atoms with Gasteiger partial charge in [-0.25, -0.2) is 0 Å². The number of rotatable bonds is 0. The molecule has 0 spiro atoms. The zero-order valence-corrected chi connectivity index (χ0v) is 7.87. The largest absolute Gasteiger partial charge is 0.356 e. The van der Waals surface area contributed by atoms with E-state index in [0.29, 0.717) is 0 Å². The molecule has 0 atom stereocenters. The minimum Gasteiger partial charge on any atom is -0.356 e. The summed E-state index contributed by atoms with van der Waals surface area (Å²) in [5.74, 6) is 0. The summed E-state index contributed by atoms with van der Waals surface area (Å²) in [5, 5.41) is 9.75. The highest BCUT2D eigenvalue weighted by atomic mass is 16.5. The van der Waals surface area contributed by atoms with E-state index in [1.54, 1.807) is 0 Å². The maximum atomic E-state index is 5.25. The van der Waals surface area contributed by atoms with E-state index >= 15 is 0 Å². The van der Waals surface area contributed by atoms with Gasteiger partial charge in [-0.1, -0.05) is 10.3 Å². The monoisotopic (exact) mass is 188 g/mol. The molecule has 0 aliphatic rings. The van der Waals surface area contributed by atoms with Crippen molar-refractivity contribution in [1.82, 2.24) is 10.3 Å². The van der Waals surface area contributed by atoms with Crippen molar-refractivity contribution in [3.63, 3.8) is 0 Å². The van der Waals surface area contributed by atoms with Crippen molar-refractivity contribution in [3.8, 4) is 0 Å². The van der Waals surface area contributed by atoms with Gasteiger partial charge < -0.3 is 9.05 Å². The molecule has 0 bridgehead atoms. The van der Waals surface area contributed by atoms with Gasteiger partial charge >= 0.3 is 0 Å². The van der Waals surface area contributed by atoms with E-state index in [1.807, 2.05) is 26.0 Å². The average Bonchev–Trinajstić information content (AvgIpc) is 2.72. The van der Waals surface area contributed by atoms with Gasteiger partial charge in [0.25, 0.3) is 0 Å². The third-order valence-electron chi connectivity index (χ3n) is 2.43. The second-order valence-electron chi connectivity index (χ2n) is 3.35. The van der Waals surface area contributed by atoms with Crippen LogP contribution >= 0.6 is 0 Å². The molecule has 70 valence electrons. The van der Waals surface area contributed by atoms with Gasteiger partial charge in [-0.2, -0.15) is 0 Å². The van der Waals surface area contributed by atoms with Crippen molar-refractivity contribution >= 4 is 21.9 Å². The van der Waals surface area contributed by atoms with Gasteiger partial charge in [-0.05, 0) is 26.0 Å². The summed E-state index contributed by atoms with van der Waals surface area (Å²) in [4.78, 5) is 0. The van der Waals surface area contributed by atoms with Crippen molar-refractivity contribution < 1.29 is 9.05 Å². The molecule has 0 saturated carbocycles. The van der Waals surface area contributed by atoms with Gasteiger partial charge in [0.2, 0.25) is 0 Å². The van der Waals surface area contributed by atoms with E-state index in [1.165, 1.54) is 0 Å². The lowest BCUT2D eigenvalue weighted by molar-refractivity contribution is 0.449. The Morgan fingerprint density at radius 2 is 1.79 bits per heavy atom. The first-order valence-corrected chi connectivity index (χ1v) is 4.38. The number of hydrogen-bond acceptors (Lipinski definition) is 4. The summed E-state index contributed by atoms with van der Waals surface area (Å²) >= 11 is 0. The summed E-state index contributed by atoms with van der Waals surface area (Å²) in [6.45, 7) is 3.81. The van der Waals surface area contributed by atoms with E-state index in [4.69, 9.17) is 9.05 Å². The van der Waals surface area contributed by atoms with Gasteiger partial charge in [0, 0.05) is 5.39 Å². The molecule has 3 aromatic rings. The molecule has 0 aliphatic carbocycles. The maximum absolute atomic E-state index is 5.25. The standard InChI is InChI=1S/C10H8N2O2/c1-5-7-3-4-8-9(6(2)12-13-8)10(7)14-11-5/h3-4H,1-2H3. The molecule has 0 N–H and O–H groups in total. The molecular formula is C10H8N2O2. The molecule has 2 heterocycles. The topological polar surface area (TPSA) is 52.1 Å². The van der Waals surface area contributed by atoms with Crippen LogP contribution in [-0.4, -0.2) is 10.3 Å². The number of nitrogens with zero attached hydrogens (tertiary/aromatic N) is 2. The summed E-state index contributed by atoms with van der Waals surface area (Å²) in [7, 11) is 0. The molecule has 0 unspecified atom stereocenters. The highest BCUT2D eigenvalue weighted by molar-refractivity contribution is 6.03. The predicted octanol–water partition coefficient (Wildman–Crippen LogP) is 2.59. The Morgan fingerprint density at radius 3 is 2.64 bits per heavy atom. The van der Waals surface area contributed by atoms with Gasteiger partial charge in [-0.3, -0.25) is 0 Å². The molecule has 2 aromatic heterocycles. The van der Waals surface area contributed by atoms with Crippen molar-refractivity contribution in [2.24, 2.45) is 0 Å². The Kier molecular flexibility index (Phi) is 1.27. The summed E-state index contributed by atoms with van der Waals surface area (Å²) in [5.41, 5.74) is 3.23. The molecule has 4 heteroatoms. The van der Waals surface area contributed by atoms with E-state index in [0.717, 1.165) is 33.3 Å². The average molecular weight is 188 g/mol. The van der Waals surface area contributed by atoms with Gasteiger partial charge in [-0.15, -0.1) is 0 Å². The zero-order chi connectivity index (χ0) is 9.71. The maximum Gasteiger partial charge on any atom is 0.180 e. The van der Waals surface area contributed by atoms with Crippen LogP contribution in [0.2, 0.25) is 0 Å². The Hall–Kier alpha value is -1.84. The molecule has 3 rings (SSSR count). The molecule has 0 saturated heterocycles. The van der Waals surface area contributed by atoms with E-state index < -0.39 is 0 Å². The van der Waals surface area contributed by atoms with E-state index in [2.05, 4.69) is 10.3 Å². The summed E-state index contributed by atoms with van der Waals surface area (Å²) in [6.07, 6.45) is 0. The first-order valence-electron chi connectivity index (χ1n) is 4.38. The van der Waals surface area contributed by atoms with Crippen molar-refractivity contribution in [2.75, 3.05) is 0 Å². The van der Waals surface area contributed by atoms with Crippen LogP contribution in [-0.2, 0) is 0 Å². The first kappa shape index (κ1) is 7.55. The van der Waals surface area contributed by atoms with Crippen LogP contribution in [0.25, 0.3) is 21.9 Å². The Labute approximate surface area is 79.5 Å². The highest BCUT2D eigenvalue weighted by Gasteiger charge is 2.13. The van der Waals surface area contributed by atoms with E-state index in [-0.39, 0.29) is 0 Å². The quantitative estimate of drug-likeness (QED) is 0.544. The van der Waals surface area contributed by atoms with Crippen LogP contribution in [0.15, 0.2) is 21.2 Å². The summed E-state index contributed by atoms with van der Waals surface area (Å²) in [6, 6.07) is 3.83. The SMILES string of the molecule is Cc1noc2c1ccc1onc(C)c12. The molecule has 0 radical (unpaired) electrons. The fourth-order valence-electron chi connectivity index (χ4n) is 1.69. The van der Waals surface area contributed by atoms with Crippen LogP contribution in [0.5, 0.6) is 0 Å². The smallest absolute Gasteiger partial charge is 0.180 e. The number of aromatic nitrogens is 2. The lowest BCUT2D eigenvalue weighted by Crippen LogP contribution is -1.72. The molecule has 4 nitrogen and oxygen atoms in total. The second kappa shape index (κ2) is 2.35. The molecule has 0 fully saturated rings. The van der Waals surface area contributed by atoms with Crippen LogP contribution in [0.3, 0.4) is 0 Å². The normalized spacial score (nSPS) is 11.6. The Morgan fingerprint density at radius 1 is 1.00 bits per heavy atom. The van der Waals surface area contributed by atoms with Crippen LogP contribution in [0.4, 0.5) is 0 Å². The minimum atomic E-state index is 0.742. The van der Waals surface area contributed by atoms with E-state index in [9.17, 15) is 0 Å². The molecule has 0 aliphatic heterocycles. The predicted molar refractivity (Wildman–Crippen MR) is 51.1 cm³/mol. The third kappa shape index (κ3) is 0.775. The number of fused-ring (bicyclic) bond motifs is 3.